The standard InChI is InChI=1S/C21H25ClN2O3/c1-3-27-19-6-4-5-16(14-19)21(25)24-11-9-23(10-12-24)15-17-13-18(22)7-8-20(17)26-2/h4-8,13-14H,3,9-12,15H2,1-2H3. The first-order valence-corrected chi connectivity index (χ1v) is 9.55. The normalized spacial score (nSPS) is 14.9. The second-order valence-corrected chi connectivity index (χ2v) is 6.92. The van der Waals surface area contributed by atoms with Crippen LogP contribution in [-0.4, -0.2) is 55.6 Å². The van der Waals surface area contributed by atoms with Crippen LogP contribution in [0.25, 0.3) is 0 Å². The number of methoxy groups -OCH3 is 1. The summed E-state index contributed by atoms with van der Waals surface area (Å²) in [4.78, 5) is 17.0. The number of halogens is 1. The van der Waals surface area contributed by atoms with Crippen molar-refractivity contribution in [3.63, 3.8) is 0 Å². The van der Waals surface area contributed by atoms with Crippen molar-refractivity contribution in [1.82, 2.24) is 9.80 Å². The van der Waals surface area contributed by atoms with Crippen LogP contribution < -0.4 is 9.47 Å². The second-order valence-electron chi connectivity index (χ2n) is 6.49. The van der Waals surface area contributed by atoms with Gasteiger partial charge in [0.1, 0.15) is 11.5 Å². The number of ether oxygens (including phenoxy) is 2. The predicted octanol–water partition coefficient (Wildman–Crippen LogP) is 3.71. The van der Waals surface area contributed by atoms with Crippen molar-refractivity contribution in [3.8, 4) is 11.5 Å². The van der Waals surface area contributed by atoms with Crippen molar-refractivity contribution in [2.24, 2.45) is 0 Å². The highest BCUT2D eigenvalue weighted by Gasteiger charge is 2.23. The maximum Gasteiger partial charge on any atom is 0.254 e. The highest BCUT2D eigenvalue weighted by Crippen LogP contribution is 2.24. The molecule has 0 atom stereocenters. The molecule has 27 heavy (non-hydrogen) atoms. The van der Waals surface area contributed by atoms with Crippen molar-refractivity contribution >= 4 is 17.5 Å². The summed E-state index contributed by atoms with van der Waals surface area (Å²) in [6.45, 7) is 6.29. The molecule has 0 bridgehead atoms. The molecule has 0 N–H and O–H groups in total. The molecule has 0 aliphatic carbocycles. The number of benzene rings is 2. The van der Waals surface area contributed by atoms with Crippen molar-refractivity contribution < 1.29 is 14.3 Å². The lowest BCUT2D eigenvalue weighted by molar-refractivity contribution is 0.0627. The molecule has 1 saturated heterocycles. The van der Waals surface area contributed by atoms with Gasteiger partial charge in [-0.3, -0.25) is 9.69 Å². The maximum atomic E-state index is 12.8. The van der Waals surface area contributed by atoms with E-state index in [1.54, 1.807) is 7.11 Å². The van der Waals surface area contributed by atoms with E-state index < -0.39 is 0 Å². The third kappa shape index (κ3) is 4.93. The lowest BCUT2D eigenvalue weighted by Gasteiger charge is -2.35. The molecule has 0 saturated carbocycles. The first kappa shape index (κ1) is 19.5. The Morgan fingerprint density at radius 3 is 2.59 bits per heavy atom. The number of carbonyl (C=O) groups excluding carboxylic acids is 1. The zero-order valence-electron chi connectivity index (χ0n) is 15.8. The topological polar surface area (TPSA) is 42.0 Å². The number of nitrogens with zero attached hydrogens (tertiary/aromatic N) is 2. The van der Waals surface area contributed by atoms with E-state index in [9.17, 15) is 4.79 Å². The Bertz CT molecular complexity index is 789. The van der Waals surface area contributed by atoms with Gasteiger partial charge < -0.3 is 14.4 Å². The smallest absolute Gasteiger partial charge is 0.254 e. The van der Waals surface area contributed by atoms with Gasteiger partial charge in [-0.2, -0.15) is 0 Å². The Morgan fingerprint density at radius 2 is 1.89 bits per heavy atom. The van der Waals surface area contributed by atoms with Crippen LogP contribution in [0.15, 0.2) is 42.5 Å². The number of rotatable bonds is 6. The molecule has 1 amide bonds. The van der Waals surface area contributed by atoms with E-state index in [0.29, 0.717) is 30.3 Å². The van der Waals surface area contributed by atoms with E-state index in [1.165, 1.54) is 0 Å². The van der Waals surface area contributed by atoms with E-state index in [0.717, 1.165) is 36.7 Å². The van der Waals surface area contributed by atoms with Gasteiger partial charge in [0.05, 0.1) is 13.7 Å². The molecule has 0 unspecified atom stereocenters. The van der Waals surface area contributed by atoms with E-state index in [-0.39, 0.29) is 5.91 Å². The molecule has 1 heterocycles. The second kappa shape index (κ2) is 9.11. The van der Waals surface area contributed by atoms with Crippen molar-refractivity contribution in [2.75, 3.05) is 39.9 Å². The number of hydrogen-bond acceptors (Lipinski definition) is 4. The van der Waals surface area contributed by atoms with Gasteiger partial charge in [-0.1, -0.05) is 17.7 Å². The van der Waals surface area contributed by atoms with Crippen LogP contribution in [0.5, 0.6) is 11.5 Å². The highest BCUT2D eigenvalue weighted by molar-refractivity contribution is 6.30. The summed E-state index contributed by atoms with van der Waals surface area (Å²) in [7, 11) is 1.67. The molecule has 1 fully saturated rings. The minimum absolute atomic E-state index is 0.0524. The van der Waals surface area contributed by atoms with Crippen LogP contribution in [0, 0.1) is 0 Å². The predicted molar refractivity (Wildman–Crippen MR) is 107 cm³/mol. The van der Waals surface area contributed by atoms with Crippen molar-refractivity contribution in [1.29, 1.82) is 0 Å². The number of piperazine rings is 1. The summed E-state index contributed by atoms with van der Waals surface area (Å²) < 4.78 is 10.9. The van der Waals surface area contributed by atoms with Gasteiger partial charge in [-0.05, 0) is 43.3 Å². The molecule has 1 aliphatic rings. The van der Waals surface area contributed by atoms with Crippen LogP contribution in [-0.2, 0) is 6.54 Å². The van der Waals surface area contributed by atoms with Gasteiger partial charge in [-0.15, -0.1) is 0 Å². The number of carbonyl (C=O) groups is 1. The summed E-state index contributed by atoms with van der Waals surface area (Å²) in [5, 5.41) is 0.703. The minimum atomic E-state index is 0.0524. The molecule has 6 heteroatoms. The average Bonchev–Trinajstić information content (AvgIpc) is 2.69. The first-order chi connectivity index (χ1) is 13.1. The first-order valence-electron chi connectivity index (χ1n) is 9.17. The van der Waals surface area contributed by atoms with E-state index >= 15 is 0 Å². The van der Waals surface area contributed by atoms with Crippen LogP contribution in [0.1, 0.15) is 22.8 Å². The van der Waals surface area contributed by atoms with Gasteiger partial charge >= 0.3 is 0 Å². The summed E-state index contributed by atoms with van der Waals surface area (Å²) in [5.41, 5.74) is 1.74. The fourth-order valence-corrected chi connectivity index (χ4v) is 3.48. The molecular weight excluding hydrogens is 364 g/mol. The zero-order chi connectivity index (χ0) is 19.2. The summed E-state index contributed by atoms with van der Waals surface area (Å²) >= 11 is 6.12. The Hall–Kier alpha value is -2.24. The highest BCUT2D eigenvalue weighted by atomic mass is 35.5. The quantitative estimate of drug-likeness (QED) is 0.756. The number of amides is 1. The summed E-state index contributed by atoms with van der Waals surface area (Å²) in [6.07, 6.45) is 0. The van der Waals surface area contributed by atoms with Gasteiger partial charge in [-0.25, -0.2) is 0 Å². The molecule has 1 aliphatic heterocycles. The minimum Gasteiger partial charge on any atom is -0.496 e. The largest absolute Gasteiger partial charge is 0.496 e. The Balaban J connectivity index is 1.59. The lowest BCUT2D eigenvalue weighted by atomic mass is 10.1. The Labute approximate surface area is 165 Å². The van der Waals surface area contributed by atoms with Gasteiger partial charge in [0.25, 0.3) is 5.91 Å². The van der Waals surface area contributed by atoms with Crippen LogP contribution in [0.4, 0.5) is 0 Å². The zero-order valence-corrected chi connectivity index (χ0v) is 16.5. The van der Waals surface area contributed by atoms with E-state index in [1.807, 2.05) is 54.3 Å². The lowest BCUT2D eigenvalue weighted by Crippen LogP contribution is -2.48. The van der Waals surface area contributed by atoms with Gasteiger partial charge in [0, 0.05) is 48.9 Å². The fraction of sp³-hybridized carbons (Fsp3) is 0.381. The van der Waals surface area contributed by atoms with Crippen LogP contribution in [0.2, 0.25) is 5.02 Å². The molecule has 144 valence electrons. The third-order valence-electron chi connectivity index (χ3n) is 4.69. The molecule has 0 aromatic heterocycles. The molecule has 0 spiro atoms. The molecule has 5 nitrogen and oxygen atoms in total. The van der Waals surface area contributed by atoms with E-state index in [2.05, 4.69) is 4.90 Å². The molecular formula is C21H25ClN2O3. The number of hydrogen-bond donors (Lipinski definition) is 0. The summed E-state index contributed by atoms with van der Waals surface area (Å²) in [6, 6.07) is 13.1. The SMILES string of the molecule is CCOc1cccc(C(=O)N2CCN(Cc3cc(Cl)ccc3OC)CC2)c1. The van der Waals surface area contributed by atoms with E-state index in [4.69, 9.17) is 21.1 Å². The van der Waals surface area contributed by atoms with Gasteiger partial charge in [0.2, 0.25) is 0 Å². The average molecular weight is 389 g/mol. The molecule has 2 aromatic rings. The van der Waals surface area contributed by atoms with Crippen LogP contribution >= 0.6 is 11.6 Å². The van der Waals surface area contributed by atoms with Crippen molar-refractivity contribution in [3.05, 3.63) is 58.6 Å². The summed E-state index contributed by atoms with van der Waals surface area (Å²) in [5.74, 6) is 1.62. The molecule has 2 aromatic carbocycles. The molecule has 3 rings (SSSR count). The Morgan fingerprint density at radius 1 is 1.11 bits per heavy atom. The molecule has 0 radical (unpaired) electrons. The fourth-order valence-electron chi connectivity index (χ4n) is 3.29. The van der Waals surface area contributed by atoms with Gasteiger partial charge in [0.15, 0.2) is 0 Å². The van der Waals surface area contributed by atoms with Crippen LogP contribution in [0.3, 0.4) is 0 Å². The third-order valence-corrected chi connectivity index (χ3v) is 4.92. The monoisotopic (exact) mass is 388 g/mol. The maximum absolute atomic E-state index is 12.8. The Kier molecular flexibility index (Phi) is 6.58. The van der Waals surface area contributed by atoms with Crippen molar-refractivity contribution in [2.45, 2.75) is 13.5 Å².